The number of thioether (sulfide) groups is 1. The van der Waals surface area contributed by atoms with E-state index in [9.17, 15) is 19.2 Å². The Hall–Kier alpha value is -1.57. The summed E-state index contributed by atoms with van der Waals surface area (Å²) in [5.41, 5.74) is -0.635. The van der Waals surface area contributed by atoms with Crippen LogP contribution < -0.4 is 0 Å². The van der Waals surface area contributed by atoms with Gasteiger partial charge < -0.3 is 14.4 Å². The van der Waals surface area contributed by atoms with E-state index in [1.54, 1.807) is 20.8 Å². The Morgan fingerprint density at radius 1 is 1.24 bits per heavy atom. The minimum atomic E-state index is -0.704. The predicted octanol–water partition coefficient (Wildman–Crippen LogP) is 1.78. The second-order valence-electron chi connectivity index (χ2n) is 7.00. The normalized spacial score (nSPS) is 18.6. The highest BCUT2D eigenvalue weighted by molar-refractivity contribution is 8.13. The van der Waals surface area contributed by atoms with Crippen LogP contribution in [0.2, 0.25) is 0 Å². The minimum absolute atomic E-state index is 0.118. The number of esters is 2. The van der Waals surface area contributed by atoms with E-state index in [1.165, 1.54) is 18.9 Å². The molecule has 0 aromatic heterocycles. The number of carbonyl (C=O) groups is 4. The number of carbonyl (C=O) groups excluding carboxylic acids is 4. The summed E-state index contributed by atoms with van der Waals surface area (Å²) < 4.78 is 10.0. The molecule has 1 amide bonds. The van der Waals surface area contributed by atoms with Crippen LogP contribution in [0, 0.1) is 5.92 Å². The van der Waals surface area contributed by atoms with E-state index < -0.39 is 29.5 Å². The smallest absolute Gasteiger partial charge is 0.329 e. The largest absolute Gasteiger partial charge is 0.469 e. The van der Waals surface area contributed by atoms with Gasteiger partial charge in [-0.3, -0.25) is 14.4 Å². The maximum Gasteiger partial charge on any atom is 0.329 e. The van der Waals surface area contributed by atoms with Crippen LogP contribution in [0.1, 0.15) is 47.0 Å². The van der Waals surface area contributed by atoms with Gasteiger partial charge in [0.15, 0.2) is 5.12 Å². The van der Waals surface area contributed by atoms with Gasteiger partial charge in [-0.25, -0.2) is 4.79 Å². The third-order valence-electron chi connectivity index (χ3n) is 3.69. The van der Waals surface area contributed by atoms with E-state index in [4.69, 9.17) is 4.74 Å². The zero-order chi connectivity index (χ0) is 19.2. The molecule has 0 saturated carbocycles. The van der Waals surface area contributed by atoms with Crippen LogP contribution in [-0.4, -0.2) is 58.9 Å². The van der Waals surface area contributed by atoms with Gasteiger partial charge in [0, 0.05) is 19.2 Å². The third-order valence-corrected chi connectivity index (χ3v) is 4.67. The molecule has 1 rings (SSSR count). The topological polar surface area (TPSA) is 90.0 Å². The van der Waals surface area contributed by atoms with Gasteiger partial charge in [-0.1, -0.05) is 11.8 Å². The van der Waals surface area contributed by atoms with Gasteiger partial charge in [-0.15, -0.1) is 0 Å². The fourth-order valence-electron chi connectivity index (χ4n) is 2.60. The predicted molar refractivity (Wildman–Crippen MR) is 93.8 cm³/mol. The molecule has 1 aliphatic rings. The molecule has 1 fully saturated rings. The number of nitrogens with zero attached hydrogens (tertiary/aromatic N) is 1. The maximum atomic E-state index is 12.9. The molecule has 0 N–H and O–H groups in total. The van der Waals surface area contributed by atoms with Crippen molar-refractivity contribution in [3.05, 3.63) is 0 Å². The molecule has 1 heterocycles. The maximum absolute atomic E-state index is 12.9. The lowest BCUT2D eigenvalue weighted by Gasteiger charge is -2.29. The lowest BCUT2D eigenvalue weighted by atomic mass is 10.1. The molecule has 0 spiro atoms. The minimum Gasteiger partial charge on any atom is -0.469 e. The van der Waals surface area contributed by atoms with Crippen molar-refractivity contribution in [2.45, 2.75) is 58.6 Å². The van der Waals surface area contributed by atoms with Crippen molar-refractivity contribution in [3.63, 3.8) is 0 Å². The standard InChI is InChI=1S/C17H27NO6S/c1-11(19)25-10-12(9-14(20)23-5)15(21)18-8-6-7-13(18)16(22)24-17(2,3)4/h12-13H,6-10H2,1-5H3/t12?,13-/m0/s1. The Morgan fingerprint density at radius 3 is 2.40 bits per heavy atom. The summed E-state index contributed by atoms with van der Waals surface area (Å²) in [7, 11) is 1.25. The lowest BCUT2D eigenvalue weighted by molar-refractivity contribution is -0.164. The highest BCUT2D eigenvalue weighted by Gasteiger charge is 2.39. The summed E-state index contributed by atoms with van der Waals surface area (Å²) in [4.78, 5) is 49.6. The molecule has 7 nitrogen and oxygen atoms in total. The fraction of sp³-hybridized carbons (Fsp3) is 0.765. The lowest BCUT2D eigenvalue weighted by Crippen LogP contribution is -2.46. The summed E-state index contributed by atoms with van der Waals surface area (Å²) in [5, 5.41) is -0.132. The van der Waals surface area contributed by atoms with Crippen molar-refractivity contribution in [1.29, 1.82) is 0 Å². The molecule has 142 valence electrons. The van der Waals surface area contributed by atoms with Gasteiger partial charge >= 0.3 is 11.9 Å². The molecule has 0 radical (unpaired) electrons. The molecule has 8 heteroatoms. The second-order valence-corrected chi connectivity index (χ2v) is 8.20. The number of amides is 1. The van der Waals surface area contributed by atoms with Crippen molar-refractivity contribution in [3.8, 4) is 0 Å². The molecule has 1 aliphatic heterocycles. The SMILES string of the molecule is COC(=O)CC(CSC(C)=O)C(=O)N1CCC[C@H]1C(=O)OC(C)(C)C. The van der Waals surface area contributed by atoms with E-state index in [2.05, 4.69) is 4.74 Å². The Morgan fingerprint density at radius 2 is 1.88 bits per heavy atom. The second kappa shape index (κ2) is 9.22. The first-order valence-electron chi connectivity index (χ1n) is 8.28. The van der Waals surface area contributed by atoms with Gasteiger partial charge in [0.1, 0.15) is 11.6 Å². The Labute approximate surface area is 152 Å². The summed E-state index contributed by atoms with van der Waals surface area (Å²) in [5.74, 6) is -1.79. The van der Waals surface area contributed by atoms with Crippen LogP contribution in [0.3, 0.4) is 0 Å². The summed E-state index contributed by atoms with van der Waals surface area (Å²) in [6.45, 7) is 7.16. The van der Waals surface area contributed by atoms with E-state index in [0.29, 0.717) is 19.4 Å². The Kier molecular flexibility index (Phi) is 7.92. The van der Waals surface area contributed by atoms with Crippen molar-refractivity contribution in [2.24, 2.45) is 5.92 Å². The zero-order valence-electron chi connectivity index (χ0n) is 15.5. The van der Waals surface area contributed by atoms with Crippen LogP contribution >= 0.6 is 11.8 Å². The average molecular weight is 373 g/mol. The van der Waals surface area contributed by atoms with E-state index in [0.717, 1.165) is 11.8 Å². The average Bonchev–Trinajstić information content (AvgIpc) is 2.98. The molecule has 0 aromatic rings. The number of likely N-dealkylation sites (tertiary alicyclic amines) is 1. The highest BCUT2D eigenvalue weighted by atomic mass is 32.2. The number of rotatable bonds is 6. The first-order chi connectivity index (χ1) is 11.5. The Balaban J connectivity index is 2.87. The molecule has 0 aromatic carbocycles. The van der Waals surface area contributed by atoms with Crippen LogP contribution in [0.4, 0.5) is 0 Å². The van der Waals surface area contributed by atoms with Gasteiger partial charge in [0.05, 0.1) is 19.4 Å². The molecule has 25 heavy (non-hydrogen) atoms. The summed E-state index contributed by atoms with van der Waals surface area (Å²) in [6, 6.07) is -0.644. The van der Waals surface area contributed by atoms with Crippen molar-refractivity contribution >= 4 is 34.7 Å². The Bertz CT molecular complexity index is 528. The van der Waals surface area contributed by atoms with E-state index in [1.807, 2.05) is 0 Å². The molecular weight excluding hydrogens is 346 g/mol. The molecular formula is C17H27NO6S. The van der Waals surface area contributed by atoms with Gasteiger partial charge in [0.25, 0.3) is 0 Å². The first kappa shape index (κ1) is 21.5. The van der Waals surface area contributed by atoms with Crippen molar-refractivity contribution < 1.29 is 28.7 Å². The highest BCUT2D eigenvalue weighted by Crippen LogP contribution is 2.25. The van der Waals surface area contributed by atoms with Gasteiger partial charge in [-0.2, -0.15) is 0 Å². The molecule has 1 unspecified atom stereocenters. The van der Waals surface area contributed by atoms with Crippen LogP contribution in [0.25, 0.3) is 0 Å². The third kappa shape index (κ3) is 7.05. The number of hydrogen-bond donors (Lipinski definition) is 0. The fourth-order valence-corrected chi connectivity index (χ4v) is 3.30. The number of methoxy groups -OCH3 is 1. The molecule has 1 saturated heterocycles. The number of hydrogen-bond acceptors (Lipinski definition) is 7. The van der Waals surface area contributed by atoms with Gasteiger partial charge in [-0.05, 0) is 33.6 Å². The molecule has 0 aliphatic carbocycles. The van der Waals surface area contributed by atoms with E-state index in [-0.39, 0.29) is 23.2 Å². The summed E-state index contributed by atoms with van der Waals surface area (Å²) in [6.07, 6.45) is 1.11. The van der Waals surface area contributed by atoms with E-state index >= 15 is 0 Å². The monoisotopic (exact) mass is 373 g/mol. The van der Waals surface area contributed by atoms with Crippen molar-refractivity contribution in [2.75, 3.05) is 19.4 Å². The zero-order valence-corrected chi connectivity index (χ0v) is 16.3. The summed E-state index contributed by atoms with van der Waals surface area (Å²) >= 11 is 0.988. The van der Waals surface area contributed by atoms with Crippen LogP contribution in [0.5, 0.6) is 0 Å². The quantitative estimate of drug-likeness (QED) is 0.656. The van der Waals surface area contributed by atoms with Crippen molar-refractivity contribution in [1.82, 2.24) is 4.90 Å². The van der Waals surface area contributed by atoms with Crippen LogP contribution in [-0.2, 0) is 28.7 Å². The van der Waals surface area contributed by atoms with Gasteiger partial charge in [0.2, 0.25) is 5.91 Å². The molecule has 0 bridgehead atoms. The molecule has 2 atom stereocenters. The number of ether oxygens (including phenoxy) is 2. The van der Waals surface area contributed by atoms with Crippen LogP contribution in [0.15, 0.2) is 0 Å². The first-order valence-corrected chi connectivity index (χ1v) is 9.27.